The summed E-state index contributed by atoms with van der Waals surface area (Å²) in [7, 11) is 0. The molecule has 0 aliphatic heterocycles. The first-order valence-corrected chi connectivity index (χ1v) is 7.05. The minimum Gasteiger partial charge on any atom is -0.506 e. The fourth-order valence-electron chi connectivity index (χ4n) is 2.46. The maximum absolute atomic E-state index is 10.1. The van der Waals surface area contributed by atoms with Gasteiger partial charge in [-0.1, -0.05) is 24.3 Å². The number of anilines is 1. The Balaban J connectivity index is 2.12. The first-order valence-electron chi connectivity index (χ1n) is 7.05. The molecule has 0 spiro atoms. The van der Waals surface area contributed by atoms with E-state index in [1.165, 1.54) is 0 Å². The van der Waals surface area contributed by atoms with Gasteiger partial charge < -0.3 is 10.8 Å². The average Bonchev–Trinajstić information content (AvgIpc) is 2.50. The van der Waals surface area contributed by atoms with Gasteiger partial charge in [0.25, 0.3) is 0 Å². The van der Waals surface area contributed by atoms with Crippen LogP contribution < -0.4 is 5.73 Å². The summed E-state index contributed by atoms with van der Waals surface area (Å²) in [5.41, 5.74) is 9.73. The van der Waals surface area contributed by atoms with Crippen LogP contribution in [0.2, 0.25) is 0 Å². The van der Waals surface area contributed by atoms with Gasteiger partial charge in [-0.2, -0.15) is 5.11 Å². The lowest BCUT2D eigenvalue weighted by Crippen LogP contribution is -1.87. The number of nitrogen functional groups attached to an aromatic ring is 1. The number of fused-ring (bicyclic) bond motifs is 1. The number of azo groups is 1. The van der Waals surface area contributed by atoms with E-state index in [9.17, 15) is 5.11 Å². The van der Waals surface area contributed by atoms with Gasteiger partial charge in [-0.05, 0) is 54.6 Å². The molecule has 0 atom stereocenters. The summed E-state index contributed by atoms with van der Waals surface area (Å²) in [6.07, 6.45) is 0. The zero-order chi connectivity index (χ0) is 15.7. The zero-order valence-corrected chi connectivity index (χ0v) is 12.5. The van der Waals surface area contributed by atoms with Crippen molar-refractivity contribution in [1.29, 1.82) is 0 Å². The van der Waals surface area contributed by atoms with Gasteiger partial charge in [0.15, 0.2) is 0 Å². The van der Waals surface area contributed by atoms with Crippen LogP contribution in [0.4, 0.5) is 17.1 Å². The smallest absolute Gasteiger partial charge is 0.143 e. The lowest BCUT2D eigenvalue weighted by molar-refractivity contribution is 0.477. The summed E-state index contributed by atoms with van der Waals surface area (Å²) in [6.45, 7) is 3.92. The molecule has 0 bridgehead atoms. The third kappa shape index (κ3) is 2.51. The highest BCUT2D eigenvalue weighted by molar-refractivity contribution is 5.97. The molecule has 0 saturated heterocycles. The van der Waals surface area contributed by atoms with E-state index in [1.54, 1.807) is 18.2 Å². The molecule has 4 heteroatoms. The minimum absolute atomic E-state index is 0.123. The van der Waals surface area contributed by atoms with Crippen molar-refractivity contribution in [3.8, 4) is 5.75 Å². The lowest BCUT2D eigenvalue weighted by Gasteiger charge is -2.07. The van der Waals surface area contributed by atoms with Crippen molar-refractivity contribution in [2.75, 3.05) is 5.73 Å². The average molecular weight is 291 g/mol. The molecule has 0 radical (unpaired) electrons. The van der Waals surface area contributed by atoms with Crippen LogP contribution in [-0.4, -0.2) is 5.11 Å². The Labute approximate surface area is 128 Å². The van der Waals surface area contributed by atoms with Crippen molar-refractivity contribution >= 4 is 27.8 Å². The Morgan fingerprint density at radius 1 is 0.909 bits per heavy atom. The summed E-state index contributed by atoms with van der Waals surface area (Å²) in [5, 5.41) is 20.6. The van der Waals surface area contributed by atoms with Gasteiger partial charge in [0, 0.05) is 11.1 Å². The summed E-state index contributed by atoms with van der Waals surface area (Å²) in [5.74, 6) is 0.123. The molecule has 3 aromatic rings. The highest BCUT2D eigenvalue weighted by atomic mass is 16.3. The Hall–Kier alpha value is -2.88. The maximum Gasteiger partial charge on any atom is 0.143 e. The Kier molecular flexibility index (Phi) is 3.51. The van der Waals surface area contributed by atoms with Crippen LogP contribution in [-0.2, 0) is 0 Å². The van der Waals surface area contributed by atoms with E-state index in [4.69, 9.17) is 5.73 Å². The third-order valence-corrected chi connectivity index (χ3v) is 3.72. The Bertz CT molecular complexity index is 885. The predicted octanol–water partition coefficient (Wildman–Crippen LogP) is 5.16. The van der Waals surface area contributed by atoms with E-state index in [1.807, 2.05) is 44.2 Å². The molecule has 4 nitrogen and oxygen atoms in total. The van der Waals surface area contributed by atoms with Gasteiger partial charge in [0.1, 0.15) is 11.4 Å². The standard InChI is InChI=1S/C18H17N3O/c1-11-4-3-5-13-6-9-16(22)18(17(11)13)21-20-14-7-8-15(19)12(2)10-14/h3-10,22H,19H2,1-2H3. The molecule has 110 valence electrons. The molecule has 0 aromatic heterocycles. The van der Waals surface area contributed by atoms with Gasteiger partial charge >= 0.3 is 0 Å². The Morgan fingerprint density at radius 3 is 2.50 bits per heavy atom. The second kappa shape index (κ2) is 5.48. The molecule has 0 fully saturated rings. The molecule has 3 rings (SSSR count). The van der Waals surface area contributed by atoms with Crippen molar-refractivity contribution in [2.45, 2.75) is 13.8 Å². The number of nitrogens with two attached hydrogens (primary N) is 1. The van der Waals surface area contributed by atoms with E-state index >= 15 is 0 Å². The quantitative estimate of drug-likeness (QED) is 0.505. The van der Waals surface area contributed by atoms with Gasteiger partial charge in [-0.3, -0.25) is 0 Å². The minimum atomic E-state index is 0.123. The first-order chi connectivity index (χ1) is 10.6. The van der Waals surface area contributed by atoms with E-state index in [0.717, 1.165) is 27.6 Å². The SMILES string of the molecule is Cc1cc(N=Nc2c(O)ccc3cccc(C)c23)ccc1N. The highest BCUT2D eigenvalue weighted by Crippen LogP contribution is 2.37. The van der Waals surface area contributed by atoms with Crippen LogP contribution >= 0.6 is 0 Å². The van der Waals surface area contributed by atoms with Crippen LogP contribution in [0.3, 0.4) is 0 Å². The number of aryl methyl sites for hydroxylation is 2. The van der Waals surface area contributed by atoms with Crippen molar-refractivity contribution < 1.29 is 5.11 Å². The largest absolute Gasteiger partial charge is 0.506 e. The van der Waals surface area contributed by atoms with E-state index in [2.05, 4.69) is 10.2 Å². The van der Waals surface area contributed by atoms with Crippen molar-refractivity contribution in [1.82, 2.24) is 0 Å². The normalized spacial score (nSPS) is 11.4. The second-order valence-electron chi connectivity index (χ2n) is 5.35. The van der Waals surface area contributed by atoms with E-state index in [0.29, 0.717) is 11.4 Å². The summed E-state index contributed by atoms with van der Waals surface area (Å²) >= 11 is 0. The number of aromatic hydroxyl groups is 1. The molecule has 0 heterocycles. The summed E-state index contributed by atoms with van der Waals surface area (Å²) in [6, 6.07) is 15.0. The van der Waals surface area contributed by atoms with Crippen LogP contribution in [0.15, 0.2) is 58.8 Å². The fourth-order valence-corrected chi connectivity index (χ4v) is 2.46. The topological polar surface area (TPSA) is 71.0 Å². The van der Waals surface area contributed by atoms with E-state index < -0.39 is 0 Å². The number of phenolic OH excluding ortho intramolecular Hbond substituents is 1. The van der Waals surface area contributed by atoms with Crippen molar-refractivity contribution in [3.63, 3.8) is 0 Å². The van der Waals surface area contributed by atoms with Crippen LogP contribution in [0.1, 0.15) is 11.1 Å². The molecule has 22 heavy (non-hydrogen) atoms. The van der Waals surface area contributed by atoms with Crippen LogP contribution in [0, 0.1) is 13.8 Å². The third-order valence-electron chi connectivity index (χ3n) is 3.72. The number of hydrogen-bond acceptors (Lipinski definition) is 4. The second-order valence-corrected chi connectivity index (χ2v) is 5.35. The monoisotopic (exact) mass is 291 g/mol. The molecule has 0 amide bonds. The fraction of sp³-hybridized carbons (Fsp3) is 0.111. The number of benzene rings is 3. The molecule has 0 unspecified atom stereocenters. The van der Waals surface area contributed by atoms with Crippen molar-refractivity contribution in [3.05, 3.63) is 59.7 Å². The predicted molar refractivity (Wildman–Crippen MR) is 90.1 cm³/mol. The van der Waals surface area contributed by atoms with Gasteiger partial charge in [0.05, 0.1) is 5.69 Å². The maximum atomic E-state index is 10.1. The molecular formula is C18H17N3O. The highest BCUT2D eigenvalue weighted by Gasteiger charge is 2.08. The molecule has 0 aliphatic carbocycles. The van der Waals surface area contributed by atoms with Crippen LogP contribution in [0.5, 0.6) is 5.75 Å². The number of nitrogens with zero attached hydrogens (tertiary/aromatic N) is 2. The summed E-state index contributed by atoms with van der Waals surface area (Å²) in [4.78, 5) is 0. The van der Waals surface area contributed by atoms with Gasteiger partial charge in [0.2, 0.25) is 0 Å². The molecule has 3 aromatic carbocycles. The molecule has 0 aliphatic rings. The van der Waals surface area contributed by atoms with E-state index in [-0.39, 0.29) is 5.75 Å². The first kappa shape index (κ1) is 14.1. The van der Waals surface area contributed by atoms with Crippen LogP contribution in [0.25, 0.3) is 10.8 Å². The number of rotatable bonds is 2. The summed E-state index contributed by atoms with van der Waals surface area (Å²) < 4.78 is 0. The van der Waals surface area contributed by atoms with Gasteiger partial charge in [-0.15, -0.1) is 5.11 Å². The lowest BCUT2D eigenvalue weighted by atomic mass is 10.0. The Morgan fingerprint density at radius 2 is 1.73 bits per heavy atom. The molecular weight excluding hydrogens is 274 g/mol. The number of hydrogen-bond donors (Lipinski definition) is 2. The number of phenols is 1. The van der Waals surface area contributed by atoms with Crippen molar-refractivity contribution in [2.24, 2.45) is 10.2 Å². The zero-order valence-electron chi connectivity index (χ0n) is 12.5. The van der Waals surface area contributed by atoms with Gasteiger partial charge in [-0.25, -0.2) is 0 Å². The molecule has 3 N–H and O–H groups in total. The molecule has 0 saturated carbocycles.